The number of rotatable bonds is 2. The largest absolute Gasteiger partial charge is 0.478 e. The van der Waals surface area contributed by atoms with E-state index in [1.54, 1.807) is 24.3 Å². The van der Waals surface area contributed by atoms with Crippen molar-refractivity contribution in [3.8, 4) is 11.1 Å². The van der Waals surface area contributed by atoms with Gasteiger partial charge in [-0.15, -0.1) is 0 Å². The quantitative estimate of drug-likeness (QED) is 0.893. The summed E-state index contributed by atoms with van der Waals surface area (Å²) in [7, 11) is 0. The van der Waals surface area contributed by atoms with E-state index < -0.39 is 5.97 Å². The molecule has 0 bridgehead atoms. The number of aryl methyl sites for hydroxylation is 1. The van der Waals surface area contributed by atoms with Crippen molar-refractivity contribution >= 4 is 11.8 Å². The predicted octanol–water partition coefficient (Wildman–Crippen LogP) is 3.18. The second-order valence-corrected chi connectivity index (χ2v) is 4.68. The molecule has 0 spiro atoms. The molecule has 0 aliphatic heterocycles. The van der Waals surface area contributed by atoms with Crippen LogP contribution in [0.2, 0.25) is 0 Å². The molecule has 2 aromatic rings. The maximum absolute atomic E-state index is 11.6. The summed E-state index contributed by atoms with van der Waals surface area (Å²) < 4.78 is 0. The van der Waals surface area contributed by atoms with Crippen molar-refractivity contribution in [1.82, 2.24) is 0 Å². The molecule has 0 aromatic heterocycles. The first kappa shape index (κ1) is 11.7. The maximum atomic E-state index is 11.6. The molecule has 19 heavy (non-hydrogen) atoms. The number of aromatic carboxylic acids is 1. The van der Waals surface area contributed by atoms with Crippen LogP contribution >= 0.6 is 0 Å². The number of carbonyl (C=O) groups is 2. The molecule has 0 amide bonds. The Morgan fingerprint density at radius 3 is 2.32 bits per heavy atom. The van der Waals surface area contributed by atoms with Crippen LogP contribution in [0.1, 0.15) is 32.7 Å². The van der Waals surface area contributed by atoms with E-state index in [2.05, 4.69) is 0 Å². The van der Waals surface area contributed by atoms with Gasteiger partial charge in [0.2, 0.25) is 0 Å². The third-order valence-corrected chi connectivity index (χ3v) is 3.49. The van der Waals surface area contributed by atoms with E-state index in [-0.39, 0.29) is 11.3 Å². The Bertz CT molecular complexity index is 669. The highest BCUT2D eigenvalue weighted by molar-refractivity contribution is 6.01. The molecule has 94 valence electrons. The first-order valence-corrected chi connectivity index (χ1v) is 6.15. The molecule has 1 aliphatic rings. The third kappa shape index (κ3) is 2.03. The highest BCUT2D eigenvalue weighted by atomic mass is 16.4. The average molecular weight is 252 g/mol. The van der Waals surface area contributed by atoms with Gasteiger partial charge < -0.3 is 5.11 Å². The van der Waals surface area contributed by atoms with Crippen LogP contribution in [0.3, 0.4) is 0 Å². The van der Waals surface area contributed by atoms with E-state index in [0.29, 0.717) is 6.42 Å². The van der Waals surface area contributed by atoms with Gasteiger partial charge in [-0.2, -0.15) is 0 Å². The summed E-state index contributed by atoms with van der Waals surface area (Å²) in [4.78, 5) is 22.4. The van der Waals surface area contributed by atoms with Crippen LogP contribution in [0.5, 0.6) is 0 Å². The summed E-state index contributed by atoms with van der Waals surface area (Å²) >= 11 is 0. The van der Waals surface area contributed by atoms with Gasteiger partial charge in [0.25, 0.3) is 0 Å². The number of carbonyl (C=O) groups excluding carboxylic acids is 1. The average Bonchev–Trinajstić information content (AvgIpc) is 2.80. The van der Waals surface area contributed by atoms with Gasteiger partial charge in [0, 0.05) is 12.0 Å². The van der Waals surface area contributed by atoms with Gasteiger partial charge >= 0.3 is 5.97 Å². The highest BCUT2D eigenvalue weighted by Gasteiger charge is 2.19. The lowest BCUT2D eigenvalue weighted by atomic mass is 9.99. The topological polar surface area (TPSA) is 54.4 Å². The van der Waals surface area contributed by atoms with E-state index >= 15 is 0 Å². The van der Waals surface area contributed by atoms with Crippen LogP contribution in [0.4, 0.5) is 0 Å². The molecule has 3 heteroatoms. The molecule has 0 atom stereocenters. The summed E-state index contributed by atoms with van der Waals surface area (Å²) in [6.07, 6.45) is 1.39. The molecule has 1 N–H and O–H groups in total. The van der Waals surface area contributed by atoms with Crippen molar-refractivity contribution in [2.24, 2.45) is 0 Å². The lowest BCUT2D eigenvalue weighted by Crippen LogP contribution is -1.95. The molecule has 0 radical (unpaired) electrons. The van der Waals surface area contributed by atoms with Crippen molar-refractivity contribution in [3.05, 3.63) is 59.2 Å². The minimum absolute atomic E-state index is 0.211. The van der Waals surface area contributed by atoms with Crippen molar-refractivity contribution in [2.75, 3.05) is 0 Å². The summed E-state index contributed by atoms with van der Waals surface area (Å²) in [5, 5.41) is 8.86. The highest BCUT2D eigenvalue weighted by Crippen LogP contribution is 2.28. The minimum atomic E-state index is -0.925. The Morgan fingerprint density at radius 2 is 1.63 bits per heavy atom. The lowest BCUT2D eigenvalue weighted by molar-refractivity contribution is 0.0696. The fraction of sp³-hybridized carbons (Fsp3) is 0.125. The van der Waals surface area contributed by atoms with Crippen LogP contribution in [-0.2, 0) is 6.42 Å². The fourth-order valence-corrected chi connectivity index (χ4v) is 2.44. The van der Waals surface area contributed by atoms with Gasteiger partial charge in [0.1, 0.15) is 0 Å². The van der Waals surface area contributed by atoms with Gasteiger partial charge in [-0.25, -0.2) is 4.79 Å². The molecule has 2 aromatic carbocycles. The molecule has 0 heterocycles. The second kappa shape index (κ2) is 4.35. The molecular weight excluding hydrogens is 240 g/mol. The molecule has 0 saturated carbocycles. The summed E-state index contributed by atoms with van der Waals surface area (Å²) in [5.74, 6) is -0.714. The number of benzene rings is 2. The van der Waals surface area contributed by atoms with Crippen molar-refractivity contribution in [1.29, 1.82) is 0 Å². The van der Waals surface area contributed by atoms with Crippen LogP contribution in [0.25, 0.3) is 11.1 Å². The van der Waals surface area contributed by atoms with Crippen LogP contribution < -0.4 is 0 Å². The van der Waals surface area contributed by atoms with Crippen molar-refractivity contribution < 1.29 is 14.7 Å². The summed E-state index contributed by atoms with van der Waals surface area (Å²) in [5.41, 5.74) is 4.17. The van der Waals surface area contributed by atoms with E-state index in [1.807, 2.05) is 18.2 Å². The SMILES string of the molecule is O=C(O)c1ccc(-c2ccc3c(c2)CCC3=O)cc1. The van der Waals surface area contributed by atoms with Crippen molar-refractivity contribution in [3.63, 3.8) is 0 Å². The van der Waals surface area contributed by atoms with Crippen molar-refractivity contribution in [2.45, 2.75) is 12.8 Å². The summed E-state index contributed by atoms with van der Waals surface area (Å²) in [6.45, 7) is 0. The Labute approximate surface area is 110 Å². The van der Waals surface area contributed by atoms with Crippen LogP contribution in [0, 0.1) is 0 Å². The number of fused-ring (bicyclic) bond motifs is 1. The molecule has 3 nitrogen and oxygen atoms in total. The van der Waals surface area contributed by atoms with E-state index in [1.165, 1.54) is 0 Å². The van der Waals surface area contributed by atoms with Gasteiger partial charge in [0.05, 0.1) is 5.56 Å². The Morgan fingerprint density at radius 1 is 0.947 bits per heavy atom. The first-order valence-electron chi connectivity index (χ1n) is 6.15. The number of Topliss-reactive ketones (excluding diaryl/α,β-unsaturated/α-hetero) is 1. The molecule has 1 aliphatic carbocycles. The van der Waals surface area contributed by atoms with E-state index in [0.717, 1.165) is 28.7 Å². The number of carboxylic acids is 1. The molecule has 3 rings (SSSR count). The Hall–Kier alpha value is -2.42. The standard InChI is InChI=1S/C16H12O3/c17-15-8-6-13-9-12(5-7-14(13)15)10-1-3-11(4-2-10)16(18)19/h1-5,7,9H,6,8H2,(H,18,19). The zero-order valence-corrected chi connectivity index (χ0v) is 10.2. The van der Waals surface area contributed by atoms with Gasteiger partial charge in [-0.05, 0) is 35.2 Å². The number of hydrogen-bond donors (Lipinski definition) is 1. The monoisotopic (exact) mass is 252 g/mol. The lowest BCUT2D eigenvalue weighted by Gasteiger charge is -2.05. The minimum Gasteiger partial charge on any atom is -0.478 e. The molecule has 0 unspecified atom stereocenters. The molecule has 0 saturated heterocycles. The normalized spacial score (nSPS) is 13.4. The number of carboxylic acid groups (broad SMARTS) is 1. The van der Waals surface area contributed by atoms with Gasteiger partial charge in [0.15, 0.2) is 5.78 Å². The van der Waals surface area contributed by atoms with Gasteiger partial charge in [-0.3, -0.25) is 4.79 Å². The van der Waals surface area contributed by atoms with E-state index in [4.69, 9.17) is 5.11 Å². The predicted molar refractivity (Wildman–Crippen MR) is 71.5 cm³/mol. The molecular formula is C16H12O3. The third-order valence-electron chi connectivity index (χ3n) is 3.49. The zero-order valence-electron chi connectivity index (χ0n) is 10.2. The van der Waals surface area contributed by atoms with E-state index in [9.17, 15) is 9.59 Å². The fourth-order valence-electron chi connectivity index (χ4n) is 2.44. The number of ketones is 1. The first-order chi connectivity index (χ1) is 9.15. The zero-order chi connectivity index (χ0) is 13.4. The summed E-state index contributed by atoms with van der Waals surface area (Å²) in [6, 6.07) is 12.6. The molecule has 0 fully saturated rings. The van der Waals surface area contributed by atoms with Crippen LogP contribution in [-0.4, -0.2) is 16.9 Å². The Balaban J connectivity index is 1.99. The smallest absolute Gasteiger partial charge is 0.335 e. The van der Waals surface area contributed by atoms with Crippen LogP contribution in [0.15, 0.2) is 42.5 Å². The Kier molecular flexibility index (Phi) is 2.67. The maximum Gasteiger partial charge on any atom is 0.335 e. The van der Waals surface area contributed by atoms with Gasteiger partial charge in [-0.1, -0.05) is 30.3 Å². The second-order valence-electron chi connectivity index (χ2n) is 4.68. The number of hydrogen-bond acceptors (Lipinski definition) is 2.